The summed E-state index contributed by atoms with van der Waals surface area (Å²) in [5, 5.41) is 4.31. The van der Waals surface area contributed by atoms with Crippen LogP contribution in [-0.2, 0) is 23.9 Å². The van der Waals surface area contributed by atoms with Crippen LogP contribution in [0.1, 0.15) is 32.6 Å². The van der Waals surface area contributed by atoms with Gasteiger partial charge in [-0.05, 0) is 19.8 Å². The number of imide groups is 2. The number of esters is 1. The van der Waals surface area contributed by atoms with E-state index in [1.54, 1.807) is 0 Å². The van der Waals surface area contributed by atoms with Crippen LogP contribution >= 0.6 is 0 Å². The number of nitrogens with zero attached hydrogens (tertiary/aromatic N) is 1. The molecule has 2 rings (SSSR count). The number of fused-ring (bicyclic) bond motifs is 1. The molecule has 142 valence electrons. The van der Waals surface area contributed by atoms with Crippen molar-refractivity contribution in [2.75, 3.05) is 13.2 Å². The van der Waals surface area contributed by atoms with Gasteiger partial charge in [0.15, 0.2) is 6.61 Å². The summed E-state index contributed by atoms with van der Waals surface area (Å²) >= 11 is 0. The molecule has 0 unspecified atom stereocenters. The molecule has 5 amide bonds. The number of rotatable bonds is 6. The zero-order chi connectivity index (χ0) is 19.3. The van der Waals surface area contributed by atoms with Crippen LogP contribution in [0.5, 0.6) is 0 Å². The fourth-order valence-electron chi connectivity index (χ4n) is 3.30. The van der Waals surface area contributed by atoms with Gasteiger partial charge in [0.1, 0.15) is 6.04 Å². The second-order valence-corrected chi connectivity index (χ2v) is 6.37. The highest BCUT2D eigenvalue weighted by Gasteiger charge is 2.51. The van der Waals surface area contributed by atoms with E-state index in [2.05, 4.69) is 11.9 Å². The fourth-order valence-corrected chi connectivity index (χ4v) is 3.30. The molecule has 0 spiro atoms. The molecule has 2 aliphatic rings. The van der Waals surface area contributed by atoms with E-state index in [-0.39, 0.29) is 30.2 Å². The van der Waals surface area contributed by atoms with E-state index in [1.807, 2.05) is 5.32 Å². The van der Waals surface area contributed by atoms with Crippen molar-refractivity contribution in [3.63, 3.8) is 0 Å². The van der Waals surface area contributed by atoms with Gasteiger partial charge in [0.05, 0.1) is 11.8 Å². The summed E-state index contributed by atoms with van der Waals surface area (Å²) in [6.07, 6.45) is 4.51. The minimum absolute atomic E-state index is 0.178. The third kappa shape index (κ3) is 4.27. The van der Waals surface area contributed by atoms with Crippen LogP contribution in [0.15, 0.2) is 12.7 Å². The Bertz CT molecular complexity index is 608. The highest BCUT2D eigenvalue weighted by atomic mass is 16.5. The number of nitrogens with one attached hydrogen (secondary N) is 2. The van der Waals surface area contributed by atoms with Gasteiger partial charge < -0.3 is 10.1 Å². The average Bonchev–Trinajstić information content (AvgIpc) is 2.88. The van der Waals surface area contributed by atoms with Gasteiger partial charge in [0, 0.05) is 6.54 Å². The van der Waals surface area contributed by atoms with Crippen molar-refractivity contribution in [1.82, 2.24) is 15.5 Å². The molecule has 2 N–H and O–H groups in total. The van der Waals surface area contributed by atoms with Crippen molar-refractivity contribution in [3.05, 3.63) is 12.7 Å². The standard InChI is InChI=1S/C17H23N3O6/c1-3-8-18-17(25)19-13(21)9-26-16(24)10(2)20-14(22)11-6-4-5-7-12(11)15(20)23/h3,10-12H,1,4-9H2,2H3,(H2,18,19,21,25)/t10-,11-,12+/m0/s1. The molecule has 26 heavy (non-hydrogen) atoms. The smallest absolute Gasteiger partial charge is 0.329 e. The summed E-state index contributed by atoms with van der Waals surface area (Å²) in [5.74, 6) is -3.10. The molecule has 3 atom stereocenters. The third-order valence-corrected chi connectivity index (χ3v) is 4.61. The number of carbonyl (C=O) groups excluding carboxylic acids is 5. The summed E-state index contributed by atoms with van der Waals surface area (Å²) in [7, 11) is 0. The SMILES string of the molecule is C=CCNC(=O)NC(=O)COC(=O)[C@H](C)N1C(=O)[C@H]2CCCC[C@H]2C1=O. The van der Waals surface area contributed by atoms with Gasteiger partial charge in [0.2, 0.25) is 11.8 Å². The predicted molar refractivity (Wildman–Crippen MR) is 89.5 cm³/mol. The minimum Gasteiger partial charge on any atom is -0.454 e. The highest BCUT2D eigenvalue weighted by molar-refractivity contribution is 6.08. The molecule has 1 aliphatic carbocycles. The number of hydrogen-bond acceptors (Lipinski definition) is 6. The molecule has 9 nitrogen and oxygen atoms in total. The Labute approximate surface area is 151 Å². The third-order valence-electron chi connectivity index (χ3n) is 4.61. The maximum Gasteiger partial charge on any atom is 0.329 e. The molecule has 0 radical (unpaired) electrons. The molecule has 2 fully saturated rings. The monoisotopic (exact) mass is 365 g/mol. The molecular weight excluding hydrogens is 342 g/mol. The number of hydrogen-bond donors (Lipinski definition) is 2. The number of urea groups is 1. The van der Waals surface area contributed by atoms with Crippen LogP contribution in [0.3, 0.4) is 0 Å². The van der Waals surface area contributed by atoms with Crippen molar-refractivity contribution in [1.29, 1.82) is 0 Å². The van der Waals surface area contributed by atoms with Crippen LogP contribution in [0.25, 0.3) is 0 Å². The van der Waals surface area contributed by atoms with Crippen molar-refractivity contribution in [2.45, 2.75) is 38.6 Å². The predicted octanol–water partition coefficient (Wildman–Crippen LogP) is 0.105. The Hall–Kier alpha value is -2.71. The second-order valence-electron chi connectivity index (χ2n) is 6.37. The largest absolute Gasteiger partial charge is 0.454 e. The van der Waals surface area contributed by atoms with Crippen molar-refractivity contribution >= 4 is 29.7 Å². The van der Waals surface area contributed by atoms with Gasteiger partial charge in [-0.1, -0.05) is 18.9 Å². The second kappa shape index (κ2) is 8.59. The van der Waals surface area contributed by atoms with E-state index in [4.69, 9.17) is 4.74 Å². The maximum absolute atomic E-state index is 12.4. The minimum atomic E-state index is -1.11. The normalized spacial score (nSPS) is 23.0. The lowest BCUT2D eigenvalue weighted by atomic mass is 9.81. The molecule has 1 saturated carbocycles. The van der Waals surface area contributed by atoms with Crippen LogP contribution in [0.4, 0.5) is 4.79 Å². The quantitative estimate of drug-likeness (QED) is 0.391. The molecule has 0 bridgehead atoms. The summed E-state index contributed by atoms with van der Waals surface area (Å²) in [4.78, 5) is 60.8. The van der Waals surface area contributed by atoms with Crippen LogP contribution in [0, 0.1) is 11.8 Å². The summed E-state index contributed by atoms with van der Waals surface area (Å²) in [6, 6.07) is -1.85. The van der Waals surface area contributed by atoms with E-state index < -0.39 is 30.6 Å². The van der Waals surface area contributed by atoms with Crippen LogP contribution in [0.2, 0.25) is 0 Å². The molecule has 1 aliphatic heterocycles. The van der Waals surface area contributed by atoms with Crippen LogP contribution in [-0.4, -0.2) is 53.8 Å². The van der Waals surface area contributed by atoms with Gasteiger partial charge >= 0.3 is 12.0 Å². The maximum atomic E-state index is 12.4. The van der Waals surface area contributed by atoms with Crippen LogP contribution < -0.4 is 10.6 Å². The van der Waals surface area contributed by atoms with E-state index in [0.717, 1.165) is 17.7 Å². The Morgan fingerprint density at radius 3 is 2.35 bits per heavy atom. The van der Waals surface area contributed by atoms with E-state index in [0.29, 0.717) is 12.8 Å². The number of ether oxygens (including phenoxy) is 1. The van der Waals surface area contributed by atoms with Gasteiger partial charge in [-0.15, -0.1) is 6.58 Å². The van der Waals surface area contributed by atoms with Gasteiger partial charge in [-0.3, -0.25) is 24.6 Å². The molecular formula is C17H23N3O6. The topological polar surface area (TPSA) is 122 Å². The van der Waals surface area contributed by atoms with E-state index in [9.17, 15) is 24.0 Å². The zero-order valence-electron chi connectivity index (χ0n) is 14.7. The molecule has 0 aromatic heterocycles. The number of carbonyl (C=O) groups is 5. The Kier molecular flexibility index (Phi) is 6.48. The first-order valence-electron chi connectivity index (χ1n) is 8.59. The number of amides is 5. The fraction of sp³-hybridized carbons (Fsp3) is 0.588. The van der Waals surface area contributed by atoms with Gasteiger partial charge in [-0.2, -0.15) is 0 Å². The lowest BCUT2D eigenvalue weighted by molar-refractivity contribution is -0.159. The summed E-state index contributed by atoms with van der Waals surface area (Å²) < 4.78 is 4.84. The first-order chi connectivity index (χ1) is 12.4. The van der Waals surface area contributed by atoms with Crippen molar-refractivity contribution in [2.24, 2.45) is 11.8 Å². The summed E-state index contributed by atoms with van der Waals surface area (Å²) in [5.41, 5.74) is 0. The Balaban J connectivity index is 1.86. The summed E-state index contributed by atoms with van der Waals surface area (Å²) in [6.45, 7) is 4.30. The Morgan fingerprint density at radius 2 is 1.81 bits per heavy atom. The van der Waals surface area contributed by atoms with E-state index in [1.165, 1.54) is 13.0 Å². The first kappa shape index (κ1) is 19.6. The number of likely N-dealkylation sites (tertiary alicyclic amines) is 1. The van der Waals surface area contributed by atoms with Crippen molar-refractivity contribution < 1.29 is 28.7 Å². The molecule has 0 aromatic rings. The highest BCUT2D eigenvalue weighted by Crippen LogP contribution is 2.38. The average molecular weight is 365 g/mol. The lowest BCUT2D eigenvalue weighted by Crippen LogP contribution is -2.46. The van der Waals surface area contributed by atoms with E-state index >= 15 is 0 Å². The van der Waals surface area contributed by atoms with Gasteiger partial charge in [-0.25, -0.2) is 9.59 Å². The van der Waals surface area contributed by atoms with Gasteiger partial charge in [0.25, 0.3) is 5.91 Å². The van der Waals surface area contributed by atoms with Crippen molar-refractivity contribution in [3.8, 4) is 0 Å². The molecule has 1 saturated heterocycles. The Morgan fingerprint density at radius 1 is 1.23 bits per heavy atom. The first-order valence-corrected chi connectivity index (χ1v) is 8.59. The lowest BCUT2D eigenvalue weighted by Gasteiger charge is -2.21. The molecule has 9 heteroatoms. The molecule has 0 aromatic carbocycles. The molecule has 1 heterocycles. The zero-order valence-corrected chi connectivity index (χ0v) is 14.7.